The molecular formula is C45H50N8O7S6. The smallest absolute Gasteiger partial charge is 0.269 e. The minimum Gasteiger partial charge on any atom is -0.337 e. The number of hydrogen-bond acceptors (Lipinski definition) is 13. The van der Waals surface area contributed by atoms with Gasteiger partial charge >= 0.3 is 0 Å². The van der Waals surface area contributed by atoms with Crippen LogP contribution in [0.5, 0.6) is 0 Å². The Balaban J connectivity index is 0.000000288. The monoisotopic (exact) mass is 1010 g/mol. The molecule has 4 aromatic carbocycles. The largest absolute Gasteiger partial charge is 0.337 e. The van der Waals surface area contributed by atoms with Crippen molar-refractivity contribution in [2.75, 3.05) is 22.9 Å². The number of nitriles is 2. The van der Waals surface area contributed by atoms with E-state index in [1.165, 1.54) is 65.1 Å². The number of sulfonamides is 2. The maximum Gasteiger partial charge on any atom is 0.269 e. The highest BCUT2D eigenvalue weighted by molar-refractivity contribution is 7.89. The molecule has 0 bridgehead atoms. The second kappa shape index (κ2) is 24.7. The summed E-state index contributed by atoms with van der Waals surface area (Å²) in [5, 5.41) is 18.4. The quantitative estimate of drug-likeness (QED) is 0.0347. The Morgan fingerprint density at radius 1 is 0.712 bits per heavy atom. The Bertz CT molecular complexity index is 3120. The minimum absolute atomic E-state index is 0. The van der Waals surface area contributed by atoms with E-state index in [0.29, 0.717) is 37.6 Å². The molecule has 66 heavy (non-hydrogen) atoms. The van der Waals surface area contributed by atoms with Gasteiger partial charge < -0.3 is 19.8 Å². The number of thiazole rings is 2. The van der Waals surface area contributed by atoms with Gasteiger partial charge in [0.05, 0.1) is 36.3 Å². The van der Waals surface area contributed by atoms with E-state index in [9.17, 15) is 36.5 Å². The molecule has 0 aliphatic heterocycles. The standard InChI is InChI=1S/C22H22N4O3S3.C13H13N3OS2.C9H11NO3S.CH4/c1-4-24-32(28,29)18-8-5-15(6-9-18)11-16(13-23)21(27)26(14(2)3)17-7-10-19-20(12-17)31-22(30)25-19;1-8(2)16(12(17)5-6-14)9-3-4-10-11(7-9)19-13(18)15-10;1-2-10-14(12,13)9-5-3-8(7-11)4-6-9;/h5-12,14,24H,4H2,1-3H3,(H,25,30);3-4,7-8H,5H2,1-2H3,(H,15,18);3-7,10H,2H2,1H3;1H4/b16-11+;;;. The van der Waals surface area contributed by atoms with Crippen LogP contribution in [0.25, 0.3) is 26.5 Å². The van der Waals surface area contributed by atoms with E-state index >= 15 is 0 Å². The van der Waals surface area contributed by atoms with Crippen molar-refractivity contribution in [3.05, 3.63) is 110 Å². The molecule has 0 aliphatic rings. The summed E-state index contributed by atoms with van der Waals surface area (Å²) >= 11 is 13.2. The van der Waals surface area contributed by atoms with Crippen molar-refractivity contribution in [3.63, 3.8) is 0 Å². The van der Waals surface area contributed by atoms with E-state index in [2.05, 4.69) is 19.4 Å². The highest BCUT2D eigenvalue weighted by Crippen LogP contribution is 2.29. The van der Waals surface area contributed by atoms with Crippen LogP contribution < -0.4 is 19.2 Å². The topological polar surface area (TPSA) is 229 Å². The first-order valence-electron chi connectivity index (χ1n) is 19.8. The van der Waals surface area contributed by atoms with Crippen LogP contribution in [-0.4, -0.2) is 70.1 Å². The lowest BCUT2D eigenvalue weighted by atomic mass is 10.1. The number of nitrogens with one attached hydrogen (secondary N) is 4. The number of amides is 2. The third-order valence-corrected chi connectivity index (χ3v) is 14.5. The zero-order valence-corrected chi connectivity index (χ0v) is 41.0. The number of fused-ring (bicyclic) bond motifs is 2. The molecule has 0 spiro atoms. The normalized spacial score (nSPS) is 11.3. The van der Waals surface area contributed by atoms with Gasteiger partial charge in [-0.05, 0) is 124 Å². The van der Waals surface area contributed by atoms with Gasteiger partial charge in [0, 0.05) is 42.1 Å². The Morgan fingerprint density at radius 3 is 1.52 bits per heavy atom. The van der Waals surface area contributed by atoms with E-state index in [1.54, 1.807) is 35.8 Å². The summed E-state index contributed by atoms with van der Waals surface area (Å²) in [7, 11) is -6.98. The zero-order valence-electron chi connectivity index (χ0n) is 36.1. The fraction of sp³-hybridized carbons (Fsp3) is 0.267. The average molecular weight is 1010 g/mol. The Morgan fingerprint density at radius 2 is 1.14 bits per heavy atom. The number of rotatable bonds is 14. The van der Waals surface area contributed by atoms with Crippen LogP contribution in [0.3, 0.4) is 0 Å². The molecule has 0 aliphatic carbocycles. The number of aromatic amines is 2. The minimum atomic E-state index is -3.57. The predicted octanol–water partition coefficient (Wildman–Crippen LogP) is 9.65. The molecule has 0 saturated carbocycles. The van der Waals surface area contributed by atoms with E-state index in [1.807, 2.05) is 76.2 Å². The number of H-pyrrole nitrogens is 2. The second-order valence-corrected chi connectivity index (χ2v) is 21.3. The lowest BCUT2D eigenvalue weighted by molar-refractivity contribution is -0.118. The number of carbonyl (C=O) groups is 3. The van der Waals surface area contributed by atoms with Gasteiger partial charge in [-0.25, -0.2) is 26.3 Å². The van der Waals surface area contributed by atoms with Crippen LogP contribution in [0.15, 0.2) is 100 Å². The lowest BCUT2D eigenvalue weighted by Crippen LogP contribution is -2.37. The molecule has 0 radical (unpaired) electrons. The van der Waals surface area contributed by atoms with Gasteiger partial charge in [0.1, 0.15) is 24.3 Å². The van der Waals surface area contributed by atoms with Gasteiger partial charge in [0.2, 0.25) is 26.0 Å². The summed E-state index contributed by atoms with van der Waals surface area (Å²) in [5.41, 5.74) is 4.28. The summed E-state index contributed by atoms with van der Waals surface area (Å²) < 4.78 is 55.1. The molecule has 0 saturated heterocycles. The third-order valence-electron chi connectivity index (χ3n) is 8.96. The highest BCUT2D eigenvalue weighted by Gasteiger charge is 2.24. The highest BCUT2D eigenvalue weighted by atomic mass is 32.2. The van der Waals surface area contributed by atoms with Crippen molar-refractivity contribution in [1.29, 1.82) is 10.5 Å². The van der Waals surface area contributed by atoms with Crippen molar-refractivity contribution in [1.82, 2.24) is 19.4 Å². The number of carbonyl (C=O) groups excluding carboxylic acids is 3. The van der Waals surface area contributed by atoms with Gasteiger partial charge in [-0.3, -0.25) is 14.4 Å². The van der Waals surface area contributed by atoms with Crippen LogP contribution in [0, 0.1) is 30.6 Å². The second-order valence-electron chi connectivity index (χ2n) is 14.3. The molecule has 15 nitrogen and oxygen atoms in total. The van der Waals surface area contributed by atoms with Crippen LogP contribution in [0.1, 0.15) is 71.3 Å². The number of benzene rings is 4. The Hall–Kier alpha value is -5.75. The molecule has 6 aromatic rings. The SMILES string of the molecule is C.CC(C)N(C(=O)CC#N)c1ccc2[nH]c(=S)sc2c1.CCNS(=O)(=O)c1ccc(/C=C(\C#N)C(=O)N(c2ccc3[nH]c(=S)sc3c2)C(C)C)cc1.CCNS(=O)(=O)c1ccc(C=O)cc1. The van der Waals surface area contributed by atoms with Crippen molar-refractivity contribution in [3.8, 4) is 12.1 Å². The molecule has 0 fully saturated rings. The van der Waals surface area contributed by atoms with Crippen LogP contribution in [-0.2, 0) is 29.6 Å². The third kappa shape index (κ3) is 14.4. The first-order valence-corrected chi connectivity index (χ1v) is 25.2. The maximum absolute atomic E-state index is 13.3. The fourth-order valence-corrected chi connectivity index (χ4v) is 10.5. The predicted molar refractivity (Wildman–Crippen MR) is 270 cm³/mol. The summed E-state index contributed by atoms with van der Waals surface area (Å²) in [6.45, 7) is 11.6. The Labute approximate surface area is 403 Å². The molecule has 4 N–H and O–H groups in total. The summed E-state index contributed by atoms with van der Waals surface area (Å²) in [4.78, 5) is 45.3. The van der Waals surface area contributed by atoms with Crippen LogP contribution >= 0.6 is 47.1 Å². The van der Waals surface area contributed by atoms with Gasteiger partial charge in [-0.15, -0.1) is 22.7 Å². The van der Waals surface area contributed by atoms with Gasteiger partial charge in [0.25, 0.3) is 5.91 Å². The van der Waals surface area contributed by atoms with Gasteiger partial charge in [-0.1, -0.05) is 45.5 Å². The van der Waals surface area contributed by atoms with Gasteiger partial charge in [-0.2, -0.15) is 10.5 Å². The van der Waals surface area contributed by atoms with Gasteiger partial charge in [0.15, 0.2) is 7.91 Å². The number of hydrogen-bond donors (Lipinski definition) is 4. The lowest BCUT2D eigenvalue weighted by Gasteiger charge is -2.26. The van der Waals surface area contributed by atoms with Crippen LogP contribution in [0.2, 0.25) is 0 Å². The first kappa shape index (κ1) is 54.6. The van der Waals surface area contributed by atoms with E-state index in [4.69, 9.17) is 29.7 Å². The molecule has 21 heteroatoms. The van der Waals surface area contributed by atoms with E-state index in [-0.39, 0.29) is 53.7 Å². The summed E-state index contributed by atoms with van der Waals surface area (Å²) in [6.07, 6.45) is 2.02. The molecule has 2 aromatic heterocycles. The molecule has 0 atom stereocenters. The summed E-state index contributed by atoms with van der Waals surface area (Å²) in [6, 6.07) is 26.7. The number of aldehydes is 1. The molecule has 6 rings (SSSR count). The first-order chi connectivity index (χ1) is 30.8. The number of anilines is 2. The fourth-order valence-electron chi connectivity index (χ4n) is 6.15. The van der Waals surface area contributed by atoms with Crippen molar-refractivity contribution >= 4 is 123 Å². The Kier molecular flexibility index (Phi) is 20.4. The molecular weight excluding hydrogens is 957 g/mol. The molecule has 0 unspecified atom stereocenters. The van der Waals surface area contributed by atoms with Crippen molar-refractivity contribution in [2.45, 2.75) is 77.3 Å². The number of aromatic nitrogens is 2. The number of nitrogens with zero attached hydrogens (tertiary/aromatic N) is 4. The van der Waals surface area contributed by atoms with Crippen molar-refractivity contribution in [2.24, 2.45) is 0 Å². The maximum atomic E-state index is 13.3. The van der Waals surface area contributed by atoms with E-state index < -0.39 is 26.0 Å². The molecule has 2 heterocycles. The van der Waals surface area contributed by atoms with E-state index in [0.717, 1.165) is 26.1 Å². The summed E-state index contributed by atoms with van der Waals surface area (Å²) in [5.74, 6) is -0.624. The molecule has 348 valence electrons. The van der Waals surface area contributed by atoms with Crippen molar-refractivity contribution < 1.29 is 31.2 Å². The zero-order chi connectivity index (χ0) is 48.1. The molecule has 2 amide bonds. The van der Waals surface area contributed by atoms with Crippen LogP contribution in [0.4, 0.5) is 11.4 Å². The average Bonchev–Trinajstić information content (AvgIpc) is 3.83.